The number of carbonyl (C=O) groups is 1. The number of hydrogen-bond donors (Lipinski definition) is 2. The zero-order valence-corrected chi connectivity index (χ0v) is 14.6. The van der Waals surface area contributed by atoms with E-state index in [1.54, 1.807) is 30.7 Å². The summed E-state index contributed by atoms with van der Waals surface area (Å²) < 4.78 is 6.14. The predicted octanol–water partition coefficient (Wildman–Crippen LogP) is 4.42. The lowest BCUT2D eigenvalue weighted by Gasteiger charge is -2.09. The van der Waals surface area contributed by atoms with Gasteiger partial charge in [0.15, 0.2) is 0 Å². The maximum absolute atomic E-state index is 12.1. The Hall–Kier alpha value is -2.60. The van der Waals surface area contributed by atoms with E-state index in [2.05, 4.69) is 31.5 Å². The van der Waals surface area contributed by atoms with E-state index in [1.165, 1.54) is 5.56 Å². The average Bonchev–Trinajstić information content (AvgIpc) is 3.09. The van der Waals surface area contributed by atoms with Crippen LogP contribution in [0.5, 0.6) is 0 Å². The van der Waals surface area contributed by atoms with Gasteiger partial charge in [0.1, 0.15) is 11.6 Å². The summed E-state index contributed by atoms with van der Waals surface area (Å²) in [5, 5.41) is 6.00. The fourth-order valence-electron chi connectivity index (χ4n) is 2.14. The minimum absolute atomic E-state index is 0.193. The molecule has 1 aromatic carbocycles. The van der Waals surface area contributed by atoms with Gasteiger partial charge in [-0.3, -0.25) is 4.79 Å². The maximum Gasteiger partial charge on any atom is 0.253 e. The number of pyridine rings is 1. The highest BCUT2D eigenvalue weighted by Crippen LogP contribution is 2.26. The normalized spacial score (nSPS) is 10.4. The third-order valence-corrected chi connectivity index (χ3v) is 4.07. The molecule has 2 aromatic heterocycles. The lowest BCUT2D eigenvalue weighted by Crippen LogP contribution is -2.22. The molecule has 6 heteroatoms. The number of carbonyl (C=O) groups excluding carboxylic acids is 1. The molecule has 0 bridgehead atoms. The summed E-state index contributed by atoms with van der Waals surface area (Å²) in [7, 11) is 0. The third-order valence-electron chi connectivity index (χ3n) is 3.42. The van der Waals surface area contributed by atoms with Gasteiger partial charge in [0.05, 0.1) is 24.1 Å². The first-order valence-electron chi connectivity index (χ1n) is 7.41. The summed E-state index contributed by atoms with van der Waals surface area (Å²) in [6, 6.07) is 13.1. The van der Waals surface area contributed by atoms with Crippen LogP contribution in [0.25, 0.3) is 0 Å². The van der Waals surface area contributed by atoms with Crippen molar-refractivity contribution in [2.24, 2.45) is 0 Å². The summed E-state index contributed by atoms with van der Waals surface area (Å²) in [4.78, 5) is 16.4. The quantitative estimate of drug-likeness (QED) is 0.681. The molecule has 2 N–H and O–H groups in total. The minimum Gasteiger partial charge on any atom is -0.467 e. The Labute approximate surface area is 148 Å². The SMILES string of the molecule is Cc1ccc(Nc2ccc(C(=O)NCc3ccco3)cn2)c(Br)c1. The molecular formula is C18H16BrN3O2. The number of amides is 1. The first kappa shape index (κ1) is 16.3. The number of furan rings is 1. The largest absolute Gasteiger partial charge is 0.467 e. The molecule has 0 aliphatic carbocycles. The van der Waals surface area contributed by atoms with Crippen LogP contribution in [0.3, 0.4) is 0 Å². The molecule has 5 nitrogen and oxygen atoms in total. The summed E-state index contributed by atoms with van der Waals surface area (Å²) in [6.45, 7) is 2.38. The van der Waals surface area contributed by atoms with Gasteiger partial charge in [-0.25, -0.2) is 4.98 Å². The molecule has 3 aromatic rings. The Morgan fingerprint density at radius 1 is 1.25 bits per heavy atom. The molecule has 0 aliphatic heterocycles. The summed E-state index contributed by atoms with van der Waals surface area (Å²) in [5.41, 5.74) is 2.59. The molecule has 0 saturated carbocycles. The van der Waals surface area contributed by atoms with Gasteiger partial charge in [-0.1, -0.05) is 6.07 Å². The number of aryl methyl sites for hydroxylation is 1. The van der Waals surface area contributed by atoms with Crippen molar-refractivity contribution in [1.82, 2.24) is 10.3 Å². The molecule has 0 unspecified atom stereocenters. The Bertz CT molecular complexity index is 830. The van der Waals surface area contributed by atoms with Crippen LogP contribution in [-0.2, 0) is 6.54 Å². The molecule has 0 saturated heterocycles. The number of hydrogen-bond acceptors (Lipinski definition) is 4. The molecule has 122 valence electrons. The fraction of sp³-hybridized carbons (Fsp3) is 0.111. The van der Waals surface area contributed by atoms with Gasteiger partial charge >= 0.3 is 0 Å². The Morgan fingerprint density at radius 3 is 2.79 bits per heavy atom. The predicted molar refractivity (Wildman–Crippen MR) is 96.3 cm³/mol. The van der Waals surface area contributed by atoms with Gasteiger partial charge in [0.2, 0.25) is 0 Å². The first-order chi connectivity index (χ1) is 11.6. The number of halogens is 1. The van der Waals surface area contributed by atoms with Crippen LogP contribution in [0.15, 0.2) is 63.8 Å². The van der Waals surface area contributed by atoms with Crippen LogP contribution in [0.4, 0.5) is 11.5 Å². The zero-order valence-electron chi connectivity index (χ0n) is 13.0. The zero-order chi connectivity index (χ0) is 16.9. The van der Waals surface area contributed by atoms with Gasteiger partial charge in [0, 0.05) is 10.7 Å². The second kappa shape index (κ2) is 7.31. The third kappa shape index (κ3) is 4.02. The number of rotatable bonds is 5. The second-order valence-electron chi connectivity index (χ2n) is 5.30. The molecule has 3 rings (SSSR count). The first-order valence-corrected chi connectivity index (χ1v) is 8.21. The molecule has 24 heavy (non-hydrogen) atoms. The van der Waals surface area contributed by atoms with Crippen molar-refractivity contribution < 1.29 is 9.21 Å². The van der Waals surface area contributed by atoms with Crippen molar-refractivity contribution in [3.8, 4) is 0 Å². The van der Waals surface area contributed by atoms with Crippen LogP contribution < -0.4 is 10.6 Å². The summed E-state index contributed by atoms with van der Waals surface area (Å²) in [6.07, 6.45) is 3.12. The van der Waals surface area contributed by atoms with Crippen molar-refractivity contribution >= 4 is 33.3 Å². The molecule has 0 fully saturated rings. The summed E-state index contributed by atoms with van der Waals surface area (Å²) in [5.74, 6) is 1.18. The maximum atomic E-state index is 12.1. The van der Waals surface area contributed by atoms with E-state index in [0.29, 0.717) is 23.7 Å². The Balaban J connectivity index is 1.63. The van der Waals surface area contributed by atoms with Crippen molar-refractivity contribution in [1.29, 1.82) is 0 Å². The molecule has 0 aliphatic rings. The van der Waals surface area contributed by atoms with Crippen molar-refractivity contribution in [2.75, 3.05) is 5.32 Å². The van der Waals surface area contributed by atoms with Crippen molar-refractivity contribution in [2.45, 2.75) is 13.5 Å². The highest BCUT2D eigenvalue weighted by molar-refractivity contribution is 9.10. The van der Waals surface area contributed by atoms with E-state index in [9.17, 15) is 4.79 Å². The smallest absolute Gasteiger partial charge is 0.253 e. The molecule has 0 atom stereocenters. The van der Waals surface area contributed by atoms with E-state index in [-0.39, 0.29) is 5.91 Å². The topological polar surface area (TPSA) is 67.2 Å². The van der Waals surface area contributed by atoms with Crippen molar-refractivity contribution in [3.63, 3.8) is 0 Å². The van der Waals surface area contributed by atoms with Crippen LogP contribution in [-0.4, -0.2) is 10.9 Å². The van der Waals surface area contributed by atoms with Crippen LogP contribution >= 0.6 is 15.9 Å². The van der Waals surface area contributed by atoms with E-state index in [1.807, 2.05) is 31.2 Å². The number of nitrogens with zero attached hydrogens (tertiary/aromatic N) is 1. The van der Waals surface area contributed by atoms with E-state index >= 15 is 0 Å². The molecule has 1 amide bonds. The number of anilines is 2. The molecule has 0 radical (unpaired) electrons. The number of benzene rings is 1. The monoisotopic (exact) mass is 385 g/mol. The van der Waals surface area contributed by atoms with Gasteiger partial charge in [-0.05, 0) is 64.8 Å². The highest BCUT2D eigenvalue weighted by atomic mass is 79.9. The van der Waals surface area contributed by atoms with E-state index in [0.717, 1.165) is 10.2 Å². The Morgan fingerprint density at radius 2 is 2.12 bits per heavy atom. The number of nitrogens with one attached hydrogen (secondary N) is 2. The van der Waals surface area contributed by atoms with Crippen LogP contribution in [0, 0.1) is 6.92 Å². The van der Waals surface area contributed by atoms with Gasteiger partial charge < -0.3 is 15.1 Å². The van der Waals surface area contributed by atoms with Crippen molar-refractivity contribution in [3.05, 3.63) is 76.3 Å². The standard InChI is InChI=1S/C18H16BrN3O2/c1-12-4-6-16(15(19)9-12)22-17-7-5-13(10-20-17)18(23)21-11-14-3-2-8-24-14/h2-10H,11H2,1H3,(H,20,22)(H,21,23). The van der Waals surface area contributed by atoms with E-state index in [4.69, 9.17) is 4.42 Å². The van der Waals surface area contributed by atoms with Crippen LogP contribution in [0.1, 0.15) is 21.7 Å². The lowest BCUT2D eigenvalue weighted by atomic mass is 10.2. The molecular weight excluding hydrogens is 370 g/mol. The van der Waals surface area contributed by atoms with Gasteiger partial charge in [-0.15, -0.1) is 0 Å². The van der Waals surface area contributed by atoms with Gasteiger partial charge in [0.25, 0.3) is 5.91 Å². The highest BCUT2D eigenvalue weighted by Gasteiger charge is 2.08. The second-order valence-corrected chi connectivity index (χ2v) is 6.16. The summed E-state index contributed by atoms with van der Waals surface area (Å²) >= 11 is 3.52. The Kier molecular flexibility index (Phi) is 4.96. The van der Waals surface area contributed by atoms with E-state index < -0.39 is 0 Å². The fourth-order valence-corrected chi connectivity index (χ4v) is 2.74. The lowest BCUT2D eigenvalue weighted by molar-refractivity contribution is 0.0947. The van der Waals surface area contributed by atoms with Crippen LogP contribution in [0.2, 0.25) is 0 Å². The minimum atomic E-state index is -0.193. The van der Waals surface area contributed by atoms with Gasteiger partial charge in [-0.2, -0.15) is 0 Å². The molecule has 2 heterocycles. The average molecular weight is 386 g/mol. The number of aromatic nitrogens is 1. The molecule has 0 spiro atoms.